The molecule has 4 amide bonds. The van der Waals surface area contributed by atoms with Crippen molar-refractivity contribution in [1.82, 2.24) is 15.8 Å². The number of imide groups is 1. The van der Waals surface area contributed by atoms with E-state index < -0.39 is 11.6 Å². The fourth-order valence-corrected chi connectivity index (χ4v) is 4.33. The Morgan fingerprint density at radius 3 is 2.69 bits per heavy atom. The number of fused-ring (bicyclic) bond motifs is 1. The van der Waals surface area contributed by atoms with Gasteiger partial charge < -0.3 is 10.2 Å². The van der Waals surface area contributed by atoms with E-state index in [0.717, 1.165) is 49.3 Å². The molecule has 2 aliphatic heterocycles. The normalized spacial score (nSPS) is 21.5. The number of rotatable bonds is 3. The van der Waals surface area contributed by atoms with E-state index in [1.807, 2.05) is 23.1 Å². The Bertz CT molecular complexity index is 742. The molecule has 0 unspecified atom stereocenters. The summed E-state index contributed by atoms with van der Waals surface area (Å²) in [5, 5.41) is 3.68. The molecule has 2 N–H and O–H groups in total. The van der Waals surface area contributed by atoms with E-state index in [1.165, 1.54) is 5.56 Å². The molecule has 2 fully saturated rings. The second-order valence-corrected chi connectivity index (χ2v) is 7.40. The second kappa shape index (κ2) is 6.63. The van der Waals surface area contributed by atoms with Crippen LogP contribution >= 0.6 is 0 Å². The average Bonchev–Trinajstić information content (AvgIpc) is 2.87. The molecule has 4 rings (SSSR count). The van der Waals surface area contributed by atoms with Gasteiger partial charge in [-0.05, 0) is 37.3 Å². The number of hydrazine groups is 1. The molecule has 3 aliphatic rings. The van der Waals surface area contributed by atoms with Gasteiger partial charge >= 0.3 is 6.03 Å². The number of benzene rings is 1. The topological polar surface area (TPSA) is 81.8 Å². The minimum atomic E-state index is -0.819. The van der Waals surface area contributed by atoms with E-state index in [1.54, 1.807) is 0 Å². The van der Waals surface area contributed by atoms with E-state index >= 15 is 0 Å². The van der Waals surface area contributed by atoms with Gasteiger partial charge in [-0.25, -0.2) is 4.79 Å². The van der Waals surface area contributed by atoms with Crippen molar-refractivity contribution in [3.63, 3.8) is 0 Å². The van der Waals surface area contributed by atoms with Gasteiger partial charge in [-0.3, -0.25) is 15.0 Å². The number of aryl methyl sites for hydroxylation is 1. The predicted molar refractivity (Wildman–Crippen MR) is 96.3 cm³/mol. The Hall–Kier alpha value is -2.57. The van der Waals surface area contributed by atoms with Crippen molar-refractivity contribution in [2.75, 3.05) is 18.0 Å². The van der Waals surface area contributed by atoms with E-state index in [0.29, 0.717) is 12.8 Å². The Morgan fingerprint density at radius 2 is 1.88 bits per heavy atom. The van der Waals surface area contributed by atoms with Crippen molar-refractivity contribution in [3.05, 3.63) is 29.8 Å². The molecule has 0 atom stereocenters. The highest BCUT2D eigenvalue weighted by Gasteiger charge is 2.52. The second-order valence-electron chi connectivity index (χ2n) is 7.40. The summed E-state index contributed by atoms with van der Waals surface area (Å²) in [6.07, 6.45) is 6.18. The van der Waals surface area contributed by atoms with Crippen molar-refractivity contribution >= 4 is 23.5 Å². The van der Waals surface area contributed by atoms with E-state index in [9.17, 15) is 14.4 Å². The van der Waals surface area contributed by atoms with E-state index in [-0.39, 0.29) is 18.4 Å². The lowest BCUT2D eigenvalue weighted by atomic mass is 9.82. The third-order valence-electron chi connectivity index (χ3n) is 5.65. The summed E-state index contributed by atoms with van der Waals surface area (Å²) in [4.78, 5) is 39.5. The third-order valence-corrected chi connectivity index (χ3v) is 5.65. The number of carbonyl (C=O) groups excluding carboxylic acids is 3. The molecule has 7 heteroatoms. The smallest absolute Gasteiger partial charge is 0.344 e. The van der Waals surface area contributed by atoms with Crippen molar-refractivity contribution in [1.29, 1.82) is 0 Å². The summed E-state index contributed by atoms with van der Waals surface area (Å²) >= 11 is 0. The standard InChI is InChI=1S/C19H24N4O3/c24-16(13-22-12-6-8-14-7-2-3-9-15(14)22)21-23-17(25)19(20-18(23)26)10-4-1-5-11-19/h2-3,7,9H,1,4-6,8,10-13H2,(H,20,26)(H,21,24). The fourth-order valence-electron chi connectivity index (χ4n) is 4.33. The van der Waals surface area contributed by atoms with Crippen LogP contribution in [0.1, 0.15) is 44.1 Å². The maximum Gasteiger partial charge on any atom is 0.344 e. The third kappa shape index (κ3) is 2.91. The first kappa shape index (κ1) is 16.9. The minimum absolute atomic E-state index is 0.126. The number of hydrogen-bond acceptors (Lipinski definition) is 4. The number of amides is 4. The molecule has 1 saturated heterocycles. The molecule has 26 heavy (non-hydrogen) atoms. The van der Waals surface area contributed by atoms with Gasteiger partial charge in [-0.1, -0.05) is 37.5 Å². The predicted octanol–water partition coefficient (Wildman–Crippen LogP) is 1.73. The van der Waals surface area contributed by atoms with E-state index in [2.05, 4.69) is 16.8 Å². The van der Waals surface area contributed by atoms with Crippen LogP contribution in [-0.2, 0) is 16.0 Å². The first-order valence-electron chi connectivity index (χ1n) is 9.38. The van der Waals surface area contributed by atoms with Gasteiger partial charge in [0, 0.05) is 12.2 Å². The first-order valence-corrected chi connectivity index (χ1v) is 9.38. The maximum absolute atomic E-state index is 12.7. The Morgan fingerprint density at radius 1 is 1.12 bits per heavy atom. The molecule has 0 bridgehead atoms. The van der Waals surface area contributed by atoms with Crippen molar-refractivity contribution in [3.8, 4) is 0 Å². The molecule has 1 saturated carbocycles. The van der Waals surface area contributed by atoms with Crippen LogP contribution in [0.2, 0.25) is 0 Å². The summed E-state index contributed by atoms with van der Waals surface area (Å²) < 4.78 is 0. The number of anilines is 1. The number of nitrogens with one attached hydrogen (secondary N) is 2. The van der Waals surface area contributed by atoms with Crippen LogP contribution < -0.4 is 15.6 Å². The lowest BCUT2D eigenvalue weighted by Crippen LogP contribution is -2.52. The summed E-state index contributed by atoms with van der Waals surface area (Å²) in [5.74, 6) is -0.673. The van der Waals surface area contributed by atoms with E-state index in [4.69, 9.17) is 0 Å². The number of carbonyl (C=O) groups is 3. The quantitative estimate of drug-likeness (QED) is 0.808. The molecule has 0 radical (unpaired) electrons. The van der Waals surface area contributed by atoms with Crippen molar-refractivity contribution < 1.29 is 14.4 Å². The minimum Gasteiger partial charge on any atom is -0.362 e. The van der Waals surface area contributed by atoms with Crippen LogP contribution in [0.5, 0.6) is 0 Å². The molecule has 1 aliphatic carbocycles. The maximum atomic E-state index is 12.7. The summed E-state index contributed by atoms with van der Waals surface area (Å²) in [6, 6.07) is 7.51. The zero-order valence-corrected chi connectivity index (χ0v) is 14.8. The monoisotopic (exact) mass is 356 g/mol. The number of nitrogens with zero attached hydrogens (tertiary/aromatic N) is 2. The molecule has 2 heterocycles. The molecule has 1 aromatic rings. The number of urea groups is 1. The molecular weight excluding hydrogens is 332 g/mol. The van der Waals surface area contributed by atoms with Gasteiger partial charge in [-0.2, -0.15) is 5.01 Å². The van der Waals surface area contributed by atoms with Gasteiger partial charge in [0.2, 0.25) is 0 Å². The lowest BCUT2D eigenvalue weighted by Gasteiger charge is -2.31. The fraction of sp³-hybridized carbons (Fsp3) is 0.526. The highest BCUT2D eigenvalue weighted by molar-refractivity contribution is 6.08. The van der Waals surface area contributed by atoms with Crippen LogP contribution in [0.4, 0.5) is 10.5 Å². The molecule has 0 aromatic heterocycles. The zero-order chi connectivity index (χ0) is 18.1. The van der Waals surface area contributed by atoms with Gasteiger partial charge in [0.25, 0.3) is 11.8 Å². The highest BCUT2D eigenvalue weighted by atomic mass is 16.2. The molecule has 1 spiro atoms. The Kier molecular flexibility index (Phi) is 4.30. The molecular formula is C19H24N4O3. The van der Waals surface area contributed by atoms with Gasteiger partial charge in [0.05, 0.1) is 6.54 Å². The molecule has 7 nitrogen and oxygen atoms in total. The van der Waals surface area contributed by atoms with Crippen molar-refractivity contribution in [2.24, 2.45) is 0 Å². The van der Waals surface area contributed by atoms with Crippen LogP contribution in [0.25, 0.3) is 0 Å². The summed E-state index contributed by atoms with van der Waals surface area (Å²) in [7, 11) is 0. The summed E-state index contributed by atoms with van der Waals surface area (Å²) in [5.41, 5.74) is 3.98. The van der Waals surface area contributed by atoms with Crippen LogP contribution in [0, 0.1) is 0 Å². The van der Waals surface area contributed by atoms with Crippen LogP contribution in [0.15, 0.2) is 24.3 Å². The lowest BCUT2D eigenvalue weighted by molar-refractivity contribution is -0.139. The zero-order valence-electron chi connectivity index (χ0n) is 14.8. The largest absolute Gasteiger partial charge is 0.362 e. The van der Waals surface area contributed by atoms with Gasteiger partial charge in [-0.15, -0.1) is 0 Å². The Labute approximate surface area is 152 Å². The number of hydrogen-bond donors (Lipinski definition) is 2. The van der Waals surface area contributed by atoms with Crippen LogP contribution in [-0.4, -0.2) is 41.5 Å². The number of para-hydroxylation sites is 1. The van der Waals surface area contributed by atoms with Gasteiger partial charge in [0.15, 0.2) is 0 Å². The average molecular weight is 356 g/mol. The summed E-state index contributed by atoms with van der Waals surface area (Å²) in [6.45, 7) is 0.912. The van der Waals surface area contributed by atoms with Crippen LogP contribution in [0.3, 0.4) is 0 Å². The first-order chi connectivity index (χ1) is 12.6. The molecule has 138 valence electrons. The SMILES string of the molecule is O=C(CN1CCCc2ccccc21)NN1C(=O)NC2(CCCCC2)C1=O. The van der Waals surface area contributed by atoms with Crippen molar-refractivity contribution in [2.45, 2.75) is 50.5 Å². The highest BCUT2D eigenvalue weighted by Crippen LogP contribution is 2.33. The Balaban J connectivity index is 1.43. The molecule has 1 aromatic carbocycles. The van der Waals surface area contributed by atoms with Gasteiger partial charge in [0.1, 0.15) is 5.54 Å².